The molecule has 2 nitrogen and oxygen atoms in total. The molecule has 0 amide bonds. The number of aromatic nitrogens is 2. The Morgan fingerprint density at radius 2 is 1.11 bits per heavy atom. The van der Waals surface area contributed by atoms with Crippen LogP contribution in [0.2, 0.25) is 0 Å². The van der Waals surface area contributed by atoms with E-state index in [2.05, 4.69) is 168 Å². The zero-order chi connectivity index (χ0) is 30.6. The van der Waals surface area contributed by atoms with Crippen LogP contribution in [0.3, 0.4) is 0 Å². The van der Waals surface area contributed by atoms with Crippen molar-refractivity contribution in [3.05, 3.63) is 157 Å². The molecule has 220 valence electrons. The lowest BCUT2D eigenvalue weighted by Crippen LogP contribution is -1.95. The third kappa shape index (κ3) is 4.18. The second-order valence-electron chi connectivity index (χ2n) is 12.4. The van der Waals surface area contributed by atoms with Crippen LogP contribution < -0.4 is 0 Å². The van der Waals surface area contributed by atoms with E-state index in [4.69, 9.17) is 0 Å². The number of hydrogen-bond acceptors (Lipinski definition) is 0. The monoisotopic (exact) mass is 590 g/mol. The van der Waals surface area contributed by atoms with E-state index < -0.39 is 0 Å². The summed E-state index contributed by atoms with van der Waals surface area (Å²) >= 11 is 0. The van der Waals surface area contributed by atoms with E-state index in [-0.39, 0.29) is 0 Å². The van der Waals surface area contributed by atoms with Crippen LogP contribution in [-0.2, 0) is 6.42 Å². The molecule has 0 bridgehead atoms. The summed E-state index contributed by atoms with van der Waals surface area (Å²) in [5.41, 5.74) is 11.2. The summed E-state index contributed by atoms with van der Waals surface area (Å²) in [6.45, 7) is 2.25. The maximum absolute atomic E-state index is 2.47. The van der Waals surface area contributed by atoms with Crippen LogP contribution in [0.5, 0.6) is 0 Å². The quantitative estimate of drug-likeness (QED) is 0.182. The number of unbranched alkanes of at least 4 members (excludes halogenated alkanes) is 1. The highest BCUT2D eigenvalue weighted by molar-refractivity contribution is 6.26. The Labute approximate surface area is 268 Å². The van der Waals surface area contributed by atoms with Gasteiger partial charge in [-0.05, 0) is 88.8 Å². The van der Waals surface area contributed by atoms with Crippen molar-refractivity contribution < 1.29 is 0 Å². The molecule has 0 saturated heterocycles. The molecule has 2 heteroatoms. The predicted octanol–water partition coefficient (Wildman–Crippen LogP) is 12.0. The maximum Gasteiger partial charge on any atom is 0.0641 e. The van der Waals surface area contributed by atoms with Gasteiger partial charge in [0, 0.05) is 32.9 Å². The zero-order valence-electron chi connectivity index (χ0n) is 25.9. The molecule has 7 aromatic carbocycles. The van der Waals surface area contributed by atoms with Gasteiger partial charge in [0.05, 0.1) is 22.1 Å². The Morgan fingerprint density at radius 3 is 1.91 bits per heavy atom. The van der Waals surface area contributed by atoms with Gasteiger partial charge in [-0.1, -0.05) is 116 Å². The van der Waals surface area contributed by atoms with Crippen LogP contribution in [0.25, 0.3) is 76.9 Å². The van der Waals surface area contributed by atoms with E-state index >= 15 is 0 Å². The average Bonchev–Trinajstić information content (AvgIpc) is 3.64. The van der Waals surface area contributed by atoms with Crippen molar-refractivity contribution in [2.45, 2.75) is 26.2 Å². The first-order valence-electron chi connectivity index (χ1n) is 16.4. The van der Waals surface area contributed by atoms with Crippen LogP contribution in [0, 0.1) is 0 Å². The van der Waals surface area contributed by atoms with Crippen LogP contribution >= 0.6 is 0 Å². The van der Waals surface area contributed by atoms with Gasteiger partial charge in [-0.15, -0.1) is 0 Å². The molecule has 0 aliphatic carbocycles. The SMILES string of the molecule is CCCCc1ccc2cc(-c3ccc(-n4c5ccccc5c5ccc6c(c7ccccc7n6-c6ccccc6)c54)cc3)ccc2c1. The molecular formula is C44H34N2. The van der Waals surface area contributed by atoms with E-state index in [0.29, 0.717) is 0 Å². The van der Waals surface area contributed by atoms with E-state index in [0.717, 1.165) is 6.42 Å². The second-order valence-corrected chi connectivity index (χ2v) is 12.4. The van der Waals surface area contributed by atoms with E-state index in [1.54, 1.807) is 0 Å². The van der Waals surface area contributed by atoms with Gasteiger partial charge in [0.1, 0.15) is 0 Å². The standard InChI is InChI=1S/C44H34N2/c1-2-3-11-30-18-19-34-29-33(21-20-32(34)28-30)31-22-24-36(25-23-31)46-40-16-9-7-14-37(40)38-26-27-42-43(44(38)46)39-15-8-10-17-41(39)45(42)35-12-5-4-6-13-35/h4-10,12-29H,2-3,11H2,1H3. The molecule has 0 aliphatic rings. The molecule has 9 rings (SSSR count). The molecule has 2 aromatic heterocycles. The Hall–Kier alpha value is -5.60. The molecule has 0 aliphatic heterocycles. The molecule has 2 heterocycles. The van der Waals surface area contributed by atoms with Crippen molar-refractivity contribution in [1.82, 2.24) is 9.13 Å². The molecule has 0 atom stereocenters. The summed E-state index contributed by atoms with van der Waals surface area (Å²) in [4.78, 5) is 0. The van der Waals surface area contributed by atoms with E-state index in [1.165, 1.54) is 95.3 Å². The average molecular weight is 591 g/mol. The zero-order valence-corrected chi connectivity index (χ0v) is 25.9. The number of fused-ring (bicyclic) bond motifs is 8. The van der Waals surface area contributed by atoms with Gasteiger partial charge >= 0.3 is 0 Å². The van der Waals surface area contributed by atoms with Gasteiger partial charge in [0.15, 0.2) is 0 Å². The highest BCUT2D eigenvalue weighted by Crippen LogP contribution is 2.42. The summed E-state index contributed by atoms with van der Waals surface area (Å²) in [5.74, 6) is 0. The molecular weight excluding hydrogens is 556 g/mol. The van der Waals surface area contributed by atoms with Crippen molar-refractivity contribution >= 4 is 54.4 Å². The summed E-state index contributed by atoms with van der Waals surface area (Å²) in [5, 5.41) is 7.70. The fourth-order valence-electron chi connectivity index (χ4n) is 7.45. The minimum atomic E-state index is 1.15. The first kappa shape index (κ1) is 26.8. The number of rotatable bonds is 6. The van der Waals surface area contributed by atoms with Gasteiger partial charge in [-0.2, -0.15) is 0 Å². The summed E-state index contributed by atoms with van der Waals surface area (Å²) in [6.07, 6.45) is 3.61. The third-order valence-corrected chi connectivity index (χ3v) is 9.67. The Balaban J connectivity index is 1.23. The Bertz CT molecular complexity index is 2550. The highest BCUT2D eigenvalue weighted by atomic mass is 15.0. The van der Waals surface area contributed by atoms with Crippen molar-refractivity contribution in [3.63, 3.8) is 0 Å². The molecule has 0 unspecified atom stereocenters. The fourth-order valence-corrected chi connectivity index (χ4v) is 7.45. The third-order valence-electron chi connectivity index (χ3n) is 9.67. The van der Waals surface area contributed by atoms with Crippen LogP contribution in [0.4, 0.5) is 0 Å². The molecule has 0 fully saturated rings. The molecule has 0 N–H and O–H groups in total. The number of hydrogen-bond donors (Lipinski definition) is 0. The summed E-state index contributed by atoms with van der Waals surface area (Å²) in [7, 11) is 0. The Morgan fingerprint density at radius 1 is 0.457 bits per heavy atom. The first-order chi connectivity index (χ1) is 22.8. The largest absolute Gasteiger partial charge is 0.309 e. The van der Waals surface area contributed by atoms with Crippen LogP contribution in [0.1, 0.15) is 25.3 Å². The number of benzene rings is 7. The predicted molar refractivity (Wildman–Crippen MR) is 197 cm³/mol. The van der Waals surface area contributed by atoms with Crippen molar-refractivity contribution in [1.29, 1.82) is 0 Å². The van der Waals surface area contributed by atoms with Crippen LogP contribution in [-0.4, -0.2) is 9.13 Å². The lowest BCUT2D eigenvalue weighted by Gasteiger charge is -2.11. The molecule has 0 spiro atoms. The van der Waals surface area contributed by atoms with Gasteiger partial charge in [0.2, 0.25) is 0 Å². The lowest BCUT2D eigenvalue weighted by molar-refractivity contribution is 0.796. The molecule has 0 radical (unpaired) electrons. The van der Waals surface area contributed by atoms with Crippen molar-refractivity contribution in [2.24, 2.45) is 0 Å². The smallest absolute Gasteiger partial charge is 0.0641 e. The number of nitrogens with zero attached hydrogens (tertiary/aromatic N) is 2. The topological polar surface area (TPSA) is 9.86 Å². The summed E-state index contributed by atoms with van der Waals surface area (Å²) < 4.78 is 4.87. The molecule has 0 saturated carbocycles. The van der Waals surface area contributed by atoms with Gasteiger partial charge in [0.25, 0.3) is 0 Å². The van der Waals surface area contributed by atoms with Gasteiger partial charge in [-0.25, -0.2) is 0 Å². The minimum absolute atomic E-state index is 1.15. The van der Waals surface area contributed by atoms with E-state index in [9.17, 15) is 0 Å². The number of para-hydroxylation sites is 3. The van der Waals surface area contributed by atoms with Crippen molar-refractivity contribution in [3.8, 4) is 22.5 Å². The van der Waals surface area contributed by atoms with E-state index in [1.807, 2.05) is 0 Å². The second kappa shape index (κ2) is 10.8. The van der Waals surface area contributed by atoms with Crippen molar-refractivity contribution in [2.75, 3.05) is 0 Å². The molecule has 46 heavy (non-hydrogen) atoms. The van der Waals surface area contributed by atoms with Crippen LogP contribution in [0.15, 0.2) is 152 Å². The normalized spacial score (nSPS) is 11.8. The number of aryl methyl sites for hydroxylation is 1. The first-order valence-corrected chi connectivity index (χ1v) is 16.4. The maximum atomic E-state index is 2.47. The van der Waals surface area contributed by atoms with Gasteiger partial charge < -0.3 is 9.13 Å². The Kier molecular flexibility index (Phi) is 6.28. The fraction of sp³-hybridized carbons (Fsp3) is 0.0909. The summed E-state index contributed by atoms with van der Waals surface area (Å²) in [6, 6.07) is 55.9. The highest BCUT2D eigenvalue weighted by Gasteiger charge is 2.20. The molecule has 9 aromatic rings. The minimum Gasteiger partial charge on any atom is -0.309 e. The van der Waals surface area contributed by atoms with Gasteiger partial charge in [-0.3, -0.25) is 0 Å². The lowest BCUT2D eigenvalue weighted by atomic mass is 9.98.